The van der Waals surface area contributed by atoms with Crippen LogP contribution in [0.15, 0.2) is 200 Å². The minimum absolute atomic E-state index is 0.554. The molecule has 60 heavy (non-hydrogen) atoms. The van der Waals surface area contributed by atoms with Crippen LogP contribution in [0.4, 0.5) is 0 Å². The molecule has 0 N–H and O–H groups in total. The number of nitriles is 1. The standard InChI is InChI=1S/C53H33N7/c54-34-46-44-27-14-13-24-42(44)33-45(41-25-15-26-43(32-41)53-59-50(38-20-9-3-10-21-38)56-51(60-53)39-22-11-4-12-23-39)47(46)35-28-30-40(31-29-35)52-57-48(36-16-5-1-6-17-36)55-49(58-52)37-18-7-2-8-19-37/h1-33H. The van der Waals surface area contributed by atoms with Crippen molar-refractivity contribution < 1.29 is 0 Å². The van der Waals surface area contributed by atoms with Crippen LogP contribution in [0.1, 0.15) is 5.56 Å². The number of nitrogens with zero attached hydrogens (tertiary/aromatic N) is 7. The number of benzene rings is 8. The molecule has 0 fully saturated rings. The monoisotopic (exact) mass is 767 g/mol. The molecule has 0 saturated heterocycles. The van der Waals surface area contributed by atoms with Crippen LogP contribution < -0.4 is 0 Å². The fourth-order valence-corrected chi connectivity index (χ4v) is 7.48. The van der Waals surface area contributed by atoms with Gasteiger partial charge < -0.3 is 0 Å². The molecule has 0 aliphatic rings. The summed E-state index contributed by atoms with van der Waals surface area (Å²) >= 11 is 0. The van der Waals surface area contributed by atoms with E-state index in [0.29, 0.717) is 40.5 Å². The van der Waals surface area contributed by atoms with Crippen molar-refractivity contribution in [1.29, 1.82) is 5.26 Å². The lowest BCUT2D eigenvalue weighted by Gasteiger charge is -2.16. The van der Waals surface area contributed by atoms with Crippen LogP contribution in [-0.4, -0.2) is 29.9 Å². The lowest BCUT2D eigenvalue weighted by Crippen LogP contribution is -2.00. The molecule has 8 aromatic carbocycles. The topological polar surface area (TPSA) is 101 Å². The molecule has 7 nitrogen and oxygen atoms in total. The predicted octanol–water partition coefficient (Wildman–Crippen LogP) is 12.4. The first-order valence-electron chi connectivity index (χ1n) is 19.6. The number of fused-ring (bicyclic) bond motifs is 1. The van der Waals surface area contributed by atoms with E-state index in [1.165, 1.54) is 0 Å². The van der Waals surface area contributed by atoms with Crippen molar-refractivity contribution in [1.82, 2.24) is 29.9 Å². The molecule has 2 heterocycles. The maximum absolute atomic E-state index is 10.9. The van der Waals surface area contributed by atoms with Gasteiger partial charge in [-0.05, 0) is 34.2 Å². The van der Waals surface area contributed by atoms with E-state index in [-0.39, 0.29) is 0 Å². The van der Waals surface area contributed by atoms with Gasteiger partial charge in [-0.25, -0.2) is 29.9 Å². The Kier molecular flexibility index (Phi) is 9.47. The molecule has 0 bridgehead atoms. The second kappa shape index (κ2) is 15.8. The molecule has 0 radical (unpaired) electrons. The second-order valence-electron chi connectivity index (χ2n) is 14.2. The van der Waals surface area contributed by atoms with Crippen molar-refractivity contribution in [3.8, 4) is 96.7 Å². The van der Waals surface area contributed by atoms with Crippen LogP contribution in [0.25, 0.3) is 101 Å². The molecule has 0 aliphatic heterocycles. The first kappa shape index (κ1) is 35.9. The first-order valence-corrected chi connectivity index (χ1v) is 19.6. The van der Waals surface area contributed by atoms with Gasteiger partial charge in [-0.15, -0.1) is 0 Å². The second-order valence-corrected chi connectivity index (χ2v) is 14.2. The van der Waals surface area contributed by atoms with Gasteiger partial charge in [0.15, 0.2) is 34.9 Å². The molecule has 0 amide bonds. The van der Waals surface area contributed by atoms with Gasteiger partial charge in [0.05, 0.1) is 5.56 Å². The molecule has 0 aliphatic carbocycles. The van der Waals surface area contributed by atoms with Gasteiger partial charge in [0.2, 0.25) is 0 Å². The smallest absolute Gasteiger partial charge is 0.164 e. The van der Waals surface area contributed by atoms with Crippen molar-refractivity contribution >= 4 is 10.8 Å². The molecular formula is C53H33N7. The van der Waals surface area contributed by atoms with Crippen molar-refractivity contribution in [3.63, 3.8) is 0 Å². The van der Waals surface area contributed by atoms with E-state index in [1.54, 1.807) is 0 Å². The van der Waals surface area contributed by atoms with E-state index in [0.717, 1.165) is 66.4 Å². The Labute approximate surface area is 347 Å². The highest BCUT2D eigenvalue weighted by Gasteiger charge is 2.20. The molecule has 10 aromatic rings. The summed E-state index contributed by atoms with van der Waals surface area (Å²) in [4.78, 5) is 29.6. The molecule has 7 heteroatoms. The van der Waals surface area contributed by atoms with Gasteiger partial charge in [0.1, 0.15) is 6.07 Å². The number of aromatic nitrogens is 6. The summed E-state index contributed by atoms with van der Waals surface area (Å²) in [6, 6.07) is 68.9. The third-order valence-corrected chi connectivity index (χ3v) is 10.4. The maximum Gasteiger partial charge on any atom is 0.164 e. The van der Waals surface area contributed by atoms with Gasteiger partial charge in [0.25, 0.3) is 0 Å². The van der Waals surface area contributed by atoms with E-state index in [2.05, 4.69) is 30.3 Å². The Morgan fingerprint density at radius 3 is 1.10 bits per heavy atom. The Morgan fingerprint density at radius 1 is 0.300 bits per heavy atom. The summed E-state index contributed by atoms with van der Waals surface area (Å²) in [5.74, 6) is 3.48. The van der Waals surface area contributed by atoms with E-state index in [4.69, 9.17) is 29.9 Å². The van der Waals surface area contributed by atoms with Crippen molar-refractivity contribution in [3.05, 3.63) is 206 Å². The number of rotatable bonds is 8. The SMILES string of the molecule is N#Cc1c(-c2ccc(-c3nc(-c4ccccc4)nc(-c4ccccc4)n3)cc2)c(-c2cccc(-c3nc(-c4ccccc4)nc(-c4ccccc4)n3)c2)cc2ccccc12. The van der Waals surface area contributed by atoms with E-state index >= 15 is 0 Å². The predicted molar refractivity (Wildman–Crippen MR) is 239 cm³/mol. The number of hydrogen-bond acceptors (Lipinski definition) is 7. The van der Waals surface area contributed by atoms with Gasteiger partial charge in [0, 0.05) is 44.3 Å². The third-order valence-electron chi connectivity index (χ3n) is 10.4. The van der Waals surface area contributed by atoms with E-state index < -0.39 is 0 Å². The zero-order valence-corrected chi connectivity index (χ0v) is 32.2. The van der Waals surface area contributed by atoms with Crippen LogP contribution >= 0.6 is 0 Å². The molecule has 0 spiro atoms. The summed E-state index contributed by atoms with van der Waals surface area (Å²) in [5.41, 5.74) is 9.42. The summed E-state index contributed by atoms with van der Waals surface area (Å²) in [5, 5.41) is 12.7. The first-order chi connectivity index (χ1) is 29.7. The lowest BCUT2D eigenvalue weighted by atomic mass is 9.86. The minimum Gasteiger partial charge on any atom is -0.208 e. The van der Waals surface area contributed by atoms with E-state index in [9.17, 15) is 5.26 Å². The zero-order chi connectivity index (χ0) is 40.3. The molecule has 2 aromatic heterocycles. The summed E-state index contributed by atoms with van der Waals surface area (Å²) < 4.78 is 0. The minimum atomic E-state index is 0.554. The zero-order valence-electron chi connectivity index (χ0n) is 32.2. The summed E-state index contributed by atoms with van der Waals surface area (Å²) in [6.45, 7) is 0. The van der Waals surface area contributed by atoms with Crippen molar-refractivity contribution in [2.75, 3.05) is 0 Å². The van der Waals surface area contributed by atoms with Gasteiger partial charge in [-0.1, -0.05) is 188 Å². The Bertz CT molecular complexity index is 3070. The van der Waals surface area contributed by atoms with Crippen LogP contribution in [0.2, 0.25) is 0 Å². The van der Waals surface area contributed by atoms with Crippen LogP contribution in [0.3, 0.4) is 0 Å². The number of hydrogen-bond donors (Lipinski definition) is 0. The average molecular weight is 768 g/mol. The largest absolute Gasteiger partial charge is 0.208 e. The van der Waals surface area contributed by atoms with Gasteiger partial charge in [-0.3, -0.25) is 0 Å². The Morgan fingerprint density at radius 2 is 0.650 bits per heavy atom. The molecule has 10 rings (SSSR count). The molecular weight excluding hydrogens is 735 g/mol. The van der Waals surface area contributed by atoms with Gasteiger partial charge >= 0.3 is 0 Å². The molecule has 0 unspecified atom stereocenters. The third kappa shape index (κ3) is 7.06. The highest BCUT2D eigenvalue weighted by atomic mass is 15.0. The Hall–Kier alpha value is -8.47. The quantitative estimate of drug-likeness (QED) is 0.152. The summed E-state index contributed by atoms with van der Waals surface area (Å²) in [6.07, 6.45) is 0. The van der Waals surface area contributed by atoms with E-state index in [1.807, 2.05) is 176 Å². The summed E-state index contributed by atoms with van der Waals surface area (Å²) in [7, 11) is 0. The Balaban J connectivity index is 1.11. The fourth-order valence-electron chi connectivity index (χ4n) is 7.48. The molecule has 0 atom stereocenters. The maximum atomic E-state index is 10.9. The normalized spacial score (nSPS) is 11.0. The fraction of sp³-hybridized carbons (Fsp3) is 0. The molecule has 0 saturated carbocycles. The van der Waals surface area contributed by atoms with Crippen LogP contribution in [0, 0.1) is 11.3 Å². The van der Waals surface area contributed by atoms with Crippen molar-refractivity contribution in [2.45, 2.75) is 0 Å². The highest BCUT2D eigenvalue weighted by molar-refractivity contribution is 6.02. The van der Waals surface area contributed by atoms with Crippen LogP contribution in [-0.2, 0) is 0 Å². The lowest BCUT2D eigenvalue weighted by molar-refractivity contribution is 1.07. The highest BCUT2D eigenvalue weighted by Crippen LogP contribution is 2.41. The molecule has 280 valence electrons. The van der Waals surface area contributed by atoms with Gasteiger partial charge in [-0.2, -0.15) is 5.26 Å². The van der Waals surface area contributed by atoms with Crippen molar-refractivity contribution in [2.24, 2.45) is 0 Å². The van der Waals surface area contributed by atoms with Crippen LogP contribution in [0.5, 0.6) is 0 Å². The average Bonchev–Trinajstić information content (AvgIpc) is 3.34.